The van der Waals surface area contributed by atoms with E-state index in [0.717, 1.165) is 17.1 Å². The van der Waals surface area contributed by atoms with Gasteiger partial charge in [-0.2, -0.15) is 0 Å². The molecule has 0 saturated carbocycles. The van der Waals surface area contributed by atoms with E-state index in [1.165, 1.54) is 12.1 Å². The monoisotopic (exact) mass is 286 g/mol. The molecule has 0 bridgehead atoms. The predicted molar refractivity (Wildman–Crippen MR) is 73.7 cm³/mol. The maximum atomic E-state index is 14.0. The van der Waals surface area contributed by atoms with E-state index >= 15 is 0 Å². The first-order valence-corrected chi connectivity index (χ1v) is 6.67. The Kier molecular flexibility index (Phi) is 2.59. The second kappa shape index (κ2) is 4.36. The minimum absolute atomic E-state index is 0.390. The molecule has 21 heavy (non-hydrogen) atoms. The number of halogens is 2. The van der Waals surface area contributed by atoms with Crippen LogP contribution in [0.5, 0.6) is 0 Å². The minimum Gasteiger partial charge on any atom is -0.362 e. The van der Waals surface area contributed by atoms with E-state index in [1.807, 2.05) is 28.8 Å². The van der Waals surface area contributed by atoms with Gasteiger partial charge in [-0.1, -0.05) is 18.2 Å². The fourth-order valence-electron chi connectivity index (χ4n) is 2.69. The Morgan fingerprint density at radius 1 is 1.19 bits per heavy atom. The first kappa shape index (κ1) is 12.5. The highest BCUT2D eigenvalue weighted by molar-refractivity contribution is 5.75. The summed E-state index contributed by atoms with van der Waals surface area (Å²) in [6, 6.07) is 11.3. The second-order valence-electron chi connectivity index (χ2n) is 5.27. The van der Waals surface area contributed by atoms with Gasteiger partial charge < -0.3 is 9.30 Å². The minimum atomic E-state index is -0.721. The van der Waals surface area contributed by atoms with Gasteiger partial charge in [0.25, 0.3) is 0 Å². The average Bonchev–Trinajstić information content (AvgIpc) is 3.13. The number of benzene rings is 2. The van der Waals surface area contributed by atoms with Crippen LogP contribution in [-0.4, -0.2) is 16.2 Å². The van der Waals surface area contributed by atoms with E-state index in [0.29, 0.717) is 18.7 Å². The number of imidazole rings is 1. The third kappa shape index (κ3) is 2.01. The molecule has 0 aliphatic carbocycles. The number of aromatic nitrogens is 2. The predicted octanol–water partition coefficient (Wildman–Crippen LogP) is 3.24. The number of nitrogens with zero attached hydrogens (tertiary/aromatic N) is 2. The van der Waals surface area contributed by atoms with Crippen molar-refractivity contribution >= 4 is 11.0 Å². The molecular weight excluding hydrogens is 274 g/mol. The van der Waals surface area contributed by atoms with Gasteiger partial charge in [0, 0.05) is 11.6 Å². The van der Waals surface area contributed by atoms with Gasteiger partial charge >= 0.3 is 0 Å². The molecule has 3 aromatic rings. The second-order valence-corrected chi connectivity index (χ2v) is 5.27. The molecule has 1 aromatic heterocycles. The van der Waals surface area contributed by atoms with Crippen LogP contribution in [0, 0.1) is 11.6 Å². The molecule has 0 amide bonds. The smallest absolute Gasteiger partial charge is 0.137 e. The van der Waals surface area contributed by atoms with Crippen molar-refractivity contribution in [1.82, 2.24) is 9.55 Å². The van der Waals surface area contributed by atoms with Crippen LogP contribution in [-0.2, 0) is 16.9 Å². The van der Waals surface area contributed by atoms with Crippen LogP contribution >= 0.6 is 0 Å². The fraction of sp³-hybridized carbons (Fsp3) is 0.188. The highest BCUT2D eigenvalue weighted by atomic mass is 19.1. The number of fused-ring (bicyclic) bond motifs is 1. The summed E-state index contributed by atoms with van der Waals surface area (Å²) in [6.45, 7) is 0.873. The Morgan fingerprint density at radius 3 is 2.76 bits per heavy atom. The lowest BCUT2D eigenvalue weighted by Crippen LogP contribution is -2.19. The van der Waals surface area contributed by atoms with Crippen LogP contribution in [0.3, 0.4) is 0 Å². The van der Waals surface area contributed by atoms with Crippen molar-refractivity contribution in [3.8, 4) is 0 Å². The van der Waals surface area contributed by atoms with Crippen LogP contribution in [0.4, 0.5) is 8.78 Å². The van der Waals surface area contributed by atoms with Crippen molar-refractivity contribution in [2.24, 2.45) is 0 Å². The molecule has 1 unspecified atom stereocenters. The van der Waals surface area contributed by atoms with Gasteiger partial charge in [0.1, 0.15) is 17.2 Å². The van der Waals surface area contributed by atoms with Crippen LogP contribution in [0.2, 0.25) is 0 Å². The van der Waals surface area contributed by atoms with Gasteiger partial charge in [0.15, 0.2) is 0 Å². The summed E-state index contributed by atoms with van der Waals surface area (Å²) in [6.07, 6.45) is 1.72. The SMILES string of the molecule is Fc1ccc(C2(Cn3cnc4ccccc43)CO2)c(F)c1. The molecule has 1 aliphatic rings. The molecular formula is C16H12F2N2O. The lowest BCUT2D eigenvalue weighted by molar-refractivity contribution is 0.272. The summed E-state index contributed by atoms with van der Waals surface area (Å²) in [5, 5.41) is 0. The van der Waals surface area contributed by atoms with E-state index in [2.05, 4.69) is 4.98 Å². The highest BCUT2D eigenvalue weighted by Crippen LogP contribution is 2.42. The van der Waals surface area contributed by atoms with Gasteiger partial charge in [-0.15, -0.1) is 0 Å². The van der Waals surface area contributed by atoms with Crippen molar-refractivity contribution in [2.45, 2.75) is 12.1 Å². The molecule has 106 valence electrons. The Morgan fingerprint density at radius 2 is 2.00 bits per heavy atom. The number of hydrogen-bond donors (Lipinski definition) is 0. The Bertz CT molecular complexity index is 824. The Balaban J connectivity index is 1.73. The maximum Gasteiger partial charge on any atom is 0.137 e. The van der Waals surface area contributed by atoms with Crippen molar-refractivity contribution in [3.05, 3.63) is 66.0 Å². The van der Waals surface area contributed by atoms with Gasteiger partial charge in [-0.25, -0.2) is 13.8 Å². The third-order valence-electron chi connectivity index (χ3n) is 3.87. The number of ether oxygens (including phenoxy) is 1. The van der Waals surface area contributed by atoms with Crippen molar-refractivity contribution < 1.29 is 13.5 Å². The normalized spacial score (nSPS) is 20.9. The van der Waals surface area contributed by atoms with Crippen LogP contribution in [0.1, 0.15) is 5.56 Å². The molecule has 2 heterocycles. The van der Waals surface area contributed by atoms with Gasteiger partial charge in [-0.3, -0.25) is 0 Å². The van der Waals surface area contributed by atoms with E-state index in [1.54, 1.807) is 6.33 Å². The highest BCUT2D eigenvalue weighted by Gasteiger charge is 2.48. The molecule has 1 atom stereocenters. The maximum absolute atomic E-state index is 14.0. The van der Waals surface area contributed by atoms with Gasteiger partial charge in [-0.05, 0) is 18.2 Å². The molecule has 1 saturated heterocycles. The summed E-state index contributed by atoms with van der Waals surface area (Å²) in [5.41, 5.74) is 1.52. The summed E-state index contributed by atoms with van der Waals surface area (Å²) in [5.74, 6) is -1.16. The Labute approximate surface area is 119 Å². The van der Waals surface area contributed by atoms with Gasteiger partial charge in [0.05, 0.1) is 30.5 Å². The first-order chi connectivity index (χ1) is 10.2. The molecule has 0 spiro atoms. The largest absolute Gasteiger partial charge is 0.362 e. The molecule has 5 heteroatoms. The standard InChI is InChI=1S/C16H12F2N2O/c17-11-5-6-12(13(18)7-11)16(9-21-16)8-20-10-19-14-3-1-2-4-15(14)20/h1-7,10H,8-9H2. The third-order valence-corrected chi connectivity index (χ3v) is 3.87. The summed E-state index contributed by atoms with van der Waals surface area (Å²) in [4.78, 5) is 4.31. The zero-order valence-electron chi connectivity index (χ0n) is 11.1. The van der Waals surface area contributed by atoms with E-state index < -0.39 is 17.2 Å². The molecule has 3 nitrogen and oxygen atoms in total. The lowest BCUT2D eigenvalue weighted by atomic mass is 9.99. The molecule has 2 aromatic carbocycles. The number of para-hydroxylation sites is 2. The quantitative estimate of drug-likeness (QED) is 0.692. The van der Waals surface area contributed by atoms with Gasteiger partial charge in [0.2, 0.25) is 0 Å². The zero-order valence-corrected chi connectivity index (χ0v) is 11.1. The summed E-state index contributed by atoms with van der Waals surface area (Å²) < 4.78 is 34.5. The molecule has 0 N–H and O–H groups in total. The van der Waals surface area contributed by atoms with E-state index in [-0.39, 0.29) is 0 Å². The molecule has 4 rings (SSSR count). The Hall–Kier alpha value is -2.27. The van der Waals surface area contributed by atoms with Crippen molar-refractivity contribution in [3.63, 3.8) is 0 Å². The van der Waals surface area contributed by atoms with Crippen molar-refractivity contribution in [2.75, 3.05) is 6.61 Å². The van der Waals surface area contributed by atoms with Crippen LogP contribution < -0.4 is 0 Å². The first-order valence-electron chi connectivity index (χ1n) is 6.67. The van der Waals surface area contributed by atoms with Crippen molar-refractivity contribution in [1.29, 1.82) is 0 Å². The summed E-state index contributed by atoms with van der Waals surface area (Å²) in [7, 11) is 0. The van der Waals surface area contributed by atoms with Crippen LogP contribution in [0.25, 0.3) is 11.0 Å². The topological polar surface area (TPSA) is 30.4 Å². The van der Waals surface area contributed by atoms with Crippen LogP contribution in [0.15, 0.2) is 48.8 Å². The lowest BCUT2D eigenvalue weighted by Gasteiger charge is -2.14. The zero-order chi connectivity index (χ0) is 14.4. The molecule has 1 aliphatic heterocycles. The number of epoxide rings is 1. The average molecular weight is 286 g/mol. The van der Waals surface area contributed by atoms with E-state index in [4.69, 9.17) is 4.74 Å². The fourth-order valence-corrected chi connectivity index (χ4v) is 2.69. The summed E-state index contributed by atoms with van der Waals surface area (Å²) >= 11 is 0. The number of hydrogen-bond acceptors (Lipinski definition) is 2. The van der Waals surface area contributed by atoms with E-state index in [9.17, 15) is 8.78 Å². The molecule has 1 fully saturated rings. The molecule has 0 radical (unpaired) electrons. The number of rotatable bonds is 3.